The van der Waals surface area contributed by atoms with Gasteiger partial charge in [-0.05, 0) is 25.0 Å². The van der Waals surface area contributed by atoms with Gasteiger partial charge in [0.05, 0.1) is 5.52 Å². The molecule has 0 amide bonds. The van der Waals surface area contributed by atoms with Crippen molar-refractivity contribution >= 4 is 29.2 Å². The summed E-state index contributed by atoms with van der Waals surface area (Å²) in [7, 11) is 0. The molecule has 102 valence electrons. The lowest BCUT2D eigenvalue weighted by atomic mass is 10.0. The van der Waals surface area contributed by atoms with E-state index in [4.69, 9.17) is 5.73 Å². The third-order valence-corrected chi connectivity index (χ3v) is 3.05. The largest absolute Gasteiger partial charge is 0.324 e. The molecule has 19 heavy (non-hydrogen) atoms. The van der Waals surface area contributed by atoms with Gasteiger partial charge < -0.3 is 5.73 Å². The SMILES string of the molecule is C=C(C)C[C@@H](N)c1cn(C(C)=O)c2ccccc12.Cl. The maximum absolute atomic E-state index is 11.6. The number of hydrogen-bond donors (Lipinski definition) is 1. The minimum atomic E-state index is -0.118. The van der Waals surface area contributed by atoms with E-state index in [1.54, 1.807) is 11.5 Å². The van der Waals surface area contributed by atoms with Crippen LogP contribution in [0.15, 0.2) is 42.6 Å². The van der Waals surface area contributed by atoms with Gasteiger partial charge in [-0.2, -0.15) is 0 Å². The monoisotopic (exact) mass is 278 g/mol. The molecule has 0 saturated carbocycles. The Bertz CT molecular complexity index is 616. The van der Waals surface area contributed by atoms with E-state index in [0.717, 1.165) is 28.5 Å². The highest BCUT2D eigenvalue weighted by Gasteiger charge is 2.15. The number of halogens is 1. The summed E-state index contributed by atoms with van der Waals surface area (Å²) in [5.74, 6) is -0.0000231. The van der Waals surface area contributed by atoms with Crippen molar-refractivity contribution < 1.29 is 4.79 Å². The molecule has 0 bridgehead atoms. The highest BCUT2D eigenvalue weighted by Crippen LogP contribution is 2.28. The molecule has 0 radical (unpaired) electrons. The number of para-hydroxylation sites is 1. The Morgan fingerprint density at radius 3 is 2.58 bits per heavy atom. The molecule has 0 spiro atoms. The second-order valence-electron chi connectivity index (χ2n) is 4.76. The zero-order valence-electron chi connectivity index (χ0n) is 11.2. The summed E-state index contributed by atoms with van der Waals surface area (Å²) in [4.78, 5) is 11.6. The maximum atomic E-state index is 11.6. The molecule has 1 atom stereocenters. The van der Waals surface area contributed by atoms with Crippen LogP contribution in [0.5, 0.6) is 0 Å². The molecule has 0 aliphatic carbocycles. The summed E-state index contributed by atoms with van der Waals surface area (Å²) < 4.78 is 1.66. The Morgan fingerprint density at radius 1 is 1.37 bits per heavy atom. The fraction of sp³-hybridized carbons (Fsp3) is 0.267. The number of fused-ring (bicyclic) bond motifs is 1. The van der Waals surface area contributed by atoms with Crippen molar-refractivity contribution in [1.29, 1.82) is 0 Å². The van der Waals surface area contributed by atoms with Crippen molar-refractivity contribution in [3.8, 4) is 0 Å². The zero-order chi connectivity index (χ0) is 13.3. The molecule has 0 aliphatic rings. The van der Waals surface area contributed by atoms with Crippen molar-refractivity contribution in [3.05, 3.63) is 48.2 Å². The van der Waals surface area contributed by atoms with Gasteiger partial charge in [0.15, 0.2) is 0 Å². The van der Waals surface area contributed by atoms with Gasteiger partial charge in [-0.1, -0.05) is 23.8 Å². The number of nitrogens with zero attached hydrogens (tertiary/aromatic N) is 1. The molecule has 0 aliphatic heterocycles. The molecule has 2 rings (SSSR count). The van der Waals surface area contributed by atoms with Gasteiger partial charge in [-0.25, -0.2) is 0 Å². The zero-order valence-corrected chi connectivity index (χ0v) is 12.0. The Labute approximate surface area is 119 Å². The summed E-state index contributed by atoms with van der Waals surface area (Å²) in [6.07, 6.45) is 2.58. The second-order valence-corrected chi connectivity index (χ2v) is 4.76. The molecular weight excluding hydrogens is 260 g/mol. The number of nitrogens with two attached hydrogens (primary N) is 1. The molecular formula is C15H19ClN2O. The lowest BCUT2D eigenvalue weighted by molar-refractivity contribution is 0.0941. The standard InChI is InChI=1S/C15H18N2O.ClH/c1-10(2)8-14(16)13-9-17(11(3)18)15-7-5-4-6-12(13)15;/h4-7,9,14H,1,8,16H2,2-3H3;1H/t14-;/m1./s1. The predicted octanol–water partition coefficient (Wildman–Crippen LogP) is 3.69. The second kappa shape index (κ2) is 6.04. The normalized spacial score (nSPS) is 11.9. The summed E-state index contributed by atoms with van der Waals surface area (Å²) >= 11 is 0. The number of hydrogen-bond acceptors (Lipinski definition) is 2. The smallest absolute Gasteiger partial charge is 0.227 e. The Morgan fingerprint density at radius 2 is 2.00 bits per heavy atom. The van der Waals surface area contributed by atoms with Gasteiger partial charge >= 0.3 is 0 Å². The van der Waals surface area contributed by atoms with E-state index in [9.17, 15) is 4.79 Å². The lowest BCUT2D eigenvalue weighted by Gasteiger charge is -2.10. The molecule has 2 aromatic rings. The van der Waals surface area contributed by atoms with Crippen LogP contribution in [-0.4, -0.2) is 10.5 Å². The van der Waals surface area contributed by atoms with Crippen molar-refractivity contribution in [2.75, 3.05) is 0 Å². The van der Waals surface area contributed by atoms with Gasteiger partial charge in [0.2, 0.25) is 5.91 Å². The predicted molar refractivity (Wildman–Crippen MR) is 81.8 cm³/mol. The van der Waals surface area contributed by atoms with Crippen LogP contribution in [0.1, 0.15) is 36.7 Å². The van der Waals surface area contributed by atoms with E-state index in [0.29, 0.717) is 0 Å². The first-order valence-electron chi connectivity index (χ1n) is 6.01. The average Bonchev–Trinajstić information content (AvgIpc) is 2.67. The molecule has 0 unspecified atom stereocenters. The van der Waals surface area contributed by atoms with Crippen molar-refractivity contribution in [2.24, 2.45) is 5.73 Å². The van der Waals surface area contributed by atoms with Crippen molar-refractivity contribution in [2.45, 2.75) is 26.3 Å². The highest BCUT2D eigenvalue weighted by atomic mass is 35.5. The van der Waals surface area contributed by atoms with E-state index in [1.807, 2.05) is 37.4 Å². The third-order valence-electron chi connectivity index (χ3n) is 3.05. The molecule has 0 saturated heterocycles. The quantitative estimate of drug-likeness (QED) is 0.871. The van der Waals surface area contributed by atoms with Gasteiger partial charge in [0.25, 0.3) is 0 Å². The van der Waals surface area contributed by atoms with Crippen LogP contribution < -0.4 is 5.73 Å². The lowest BCUT2D eigenvalue weighted by Crippen LogP contribution is -2.10. The molecule has 1 heterocycles. The summed E-state index contributed by atoms with van der Waals surface area (Å²) in [6, 6.07) is 7.71. The van der Waals surface area contributed by atoms with Crippen LogP contribution in [-0.2, 0) is 0 Å². The molecule has 1 aromatic carbocycles. The van der Waals surface area contributed by atoms with Gasteiger partial charge in [0.1, 0.15) is 0 Å². The van der Waals surface area contributed by atoms with Gasteiger partial charge in [-0.15, -0.1) is 19.0 Å². The summed E-state index contributed by atoms with van der Waals surface area (Å²) in [5, 5.41) is 1.04. The molecule has 3 nitrogen and oxygen atoms in total. The van der Waals surface area contributed by atoms with E-state index in [2.05, 4.69) is 6.58 Å². The maximum Gasteiger partial charge on any atom is 0.227 e. The number of carbonyl (C=O) groups excluding carboxylic acids is 1. The first kappa shape index (κ1) is 15.5. The number of aromatic nitrogens is 1. The van der Waals surface area contributed by atoms with E-state index in [1.165, 1.54) is 0 Å². The average molecular weight is 279 g/mol. The number of rotatable bonds is 3. The Hall–Kier alpha value is -1.58. The van der Waals surface area contributed by atoms with Crippen LogP contribution in [0.4, 0.5) is 0 Å². The molecule has 4 heteroatoms. The minimum Gasteiger partial charge on any atom is -0.324 e. The van der Waals surface area contributed by atoms with Crippen molar-refractivity contribution in [1.82, 2.24) is 4.57 Å². The Kier molecular flexibility index (Phi) is 4.92. The minimum absolute atomic E-state index is 0. The van der Waals surface area contributed by atoms with Crippen LogP contribution in [0.3, 0.4) is 0 Å². The van der Waals surface area contributed by atoms with E-state index >= 15 is 0 Å². The van der Waals surface area contributed by atoms with Gasteiger partial charge in [-0.3, -0.25) is 9.36 Å². The third kappa shape index (κ3) is 3.06. The van der Waals surface area contributed by atoms with Crippen LogP contribution in [0, 0.1) is 0 Å². The Balaban J connectivity index is 0.00000180. The van der Waals surface area contributed by atoms with Crippen LogP contribution in [0.2, 0.25) is 0 Å². The van der Waals surface area contributed by atoms with Gasteiger partial charge in [0, 0.05) is 24.5 Å². The molecule has 1 aromatic heterocycles. The first-order chi connectivity index (χ1) is 8.50. The van der Waals surface area contributed by atoms with E-state index in [-0.39, 0.29) is 24.4 Å². The number of benzene rings is 1. The summed E-state index contributed by atoms with van der Waals surface area (Å²) in [6.45, 7) is 7.41. The van der Waals surface area contributed by atoms with Crippen LogP contribution in [0.25, 0.3) is 10.9 Å². The van der Waals surface area contributed by atoms with E-state index < -0.39 is 0 Å². The molecule has 0 fully saturated rings. The topological polar surface area (TPSA) is 48.0 Å². The fourth-order valence-electron chi connectivity index (χ4n) is 2.25. The van der Waals surface area contributed by atoms with Crippen molar-refractivity contribution in [3.63, 3.8) is 0 Å². The molecule has 2 N–H and O–H groups in total. The number of carbonyl (C=O) groups is 1. The summed E-state index contributed by atoms with van der Waals surface area (Å²) in [5.41, 5.74) is 9.15. The fourth-order valence-corrected chi connectivity index (χ4v) is 2.25. The highest BCUT2D eigenvalue weighted by molar-refractivity contribution is 5.93. The van der Waals surface area contributed by atoms with Crippen LogP contribution >= 0.6 is 12.4 Å². The first-order valence-corrected chi connectivity index (χ1v) is 6.01.